The lowest BCUT2D eigenvalue weighted by atomic mass is 10.1. The van der Waals surface area contributed by atoms with Gasteiger partial charge in [-0.05, 0) is 31.0 Å². The minimum atomic E-state index is -0.568. The van der Waals surface area contributed by atoms with E-state index in [1.54, 1.807) is 18.2 Å². The van der Waals surface area contributed by atoms with Crippen molar-refractivity contribution in [3.63, 3.8) is 0 Å². The fourth-order valence-corrected chi connectivity index (χ4v) is 3.95. The van der Waals surface area contributed by atoms with Crippen LogP contribution in [-0.2, 0) is 6.42 Å². The maximum Gasteiger partial charge on any atom is 0.259 e. The van der Waals surface area contributed by atoms with Crippen LogP contribution in [0.3, 0.4) is 0 Å². The molecule has 1 aromatic heterocycles. The lowest BCUT2D eigenvalue weighted by molar-refractivity contribution is 0.100. The summed E-state index contributed by atoms with van der Waals surface area (Å²) in [6.07, 6.45) is 0.656. The van der Waals surface area contributed by atoms with Crippen molar-refractivity contribution in [2.24, 2.45) is 5.73 Å². The molecular formula is C15H14Cl2N2O2S. The highest BCUT2D eigenvalue weighted by Gasteiger charge is 2.22. The van der Waals surface area contributed by atoms with E-state index < -0.39 is 11.8 Å². The second kappa shape index (κ2) is 6.69. The van der Waals surface area contributed by atoms with Crippen LogP contribution in [0.25, 0.3) is 0 Å². The first kappa shape index (κ1) is 16.8. The van der Waals surface area contributed by atoms with Crippen LogP contribution < -0.4 is 11.1 Å². The molecule has 1 aromatic carbocycles. The summed E-state index contributed by atoms with van der Waals surface area (Å²) in [6, 6.07) is 4.81. The average molecular weight is 357 g/mol. The molecule has 2 amide bonds. The topological polar surface area (TPSA) is 72.2 Å². The minimum absolute atomic E-state index is 0.172. The van der Waals surface area contributed by atoms with E-state index in [4.69, 9.17) is 28.9 Å². The maximum absolute atomic E-state index is 12.4. The van der Waals surface area contributed by atoms with Crippen LogP contribution in [0.2, 0.25) is 10.0 Å². The summed E-state index contributed by atoms with van der Waals surface area (Å²) in [7, 11) is 0. The van der Waals surface area contributed by atoms with E-state index in [2.05, 4.69) is 5.32 Å². The van der Waals surface area contributed by atoms with Gasteiger partial charge in [-0.3, -0.25) is 9.59 Å². The Bertz CT molecular complexity index is 736. The van der Waals surface area contributed by atoms with Gasteiger partial charge in [0.05, 0.1) is 21.2 Å². The lowest BCUT2D eigenvalue weighted by Gasteiger charge is -2.08. The molecule has 7 heteroatoms. The molecule has 2 rings (SSSR count). The number of aryl methyl sites for hydroxylation is 1. The fourth-order valence-electron chi connectivity index (χ4n) is 2.23. The molecule has 116 valence electrons. The quantitative estimate of drug-likeness (QED) is 0.857. The number of anilines is 1. The van der Waals surface area contributed by atoms with E-state index in [9.17, 15) is 9.59 Å². The molecule has 0 unspecified atom stereocenters. The van der Waals surface area contributed by atoms with Crippen LogP contribution in [0.1, 0.15) is 38.1 Å². The van der Waals surface area contributed by atoms with Crippen molar-refractivity contribution in [1.82, 2.24) is 0 Å². The van der Waals surface area contributed by atoms with Gasteiger partial charge in [0.25, 0.3) is 11.8 Å². The highest BCUT2D eigenvalue weighted by molar-refractivity contribution is 7.16. The first-order valence-electron chi connectivity index (χ1n) is 6.54. The second-order valence-corrected chi connectivity index (χ2v) is 6.65. The number of carbonyl (C=O) groups is 2. The summed E-state index contributed by atoms with van der Waals surface area (Å²) in [4.78, 5) is 25.0. The minimum Gasteiger partial charge on any atom is -0.365 e. The Kier molecular flexibility index (Phi) is 5.11. The molecule has 0 saturated carbocycles. The second-order valence-electron chi connectivity index (χ2n) is 4.61. The predicted molar refractivity (Wildman–Crippen MR) is 91.4 cm³/mol. The van der Waals surface area contributed by atoms with Gasteiger partial charge in [0, 0.05) is 4.88 Å². The third-order valence-electron chi connectivity index (χ3n) is 3.23. The standard InChI is InChI=1S/C15H14Cl2N2O2S/c1-3-8-7(2)22-15(11(8)13(18)20)19-14(21)12-9(16)5-4-6-10(12)17/h4-6H,3H2,1-2H3,(H2,18,20)(H,19,21). The first-order valence-corrected chi connectivity index (χ1v) is 8.11. The average Bonchev–Trinajstić information content (AvgIpc) is 2.74. The SMILES string of the molecule is CCc1c(C)sc(NC(=O)c2c(Cl)cccc2Cl)c1C(N)=O. The van der Waals surface area contributed by atoms with Gasteiger partial charge in [0.15, 0.2) is 0 Å². The zero-order valence-electron chi connectivity index (χ0n) is 12.0. The number of nitrogens with one attached hydrogen (secondary N) is 1. The Labute approximate surface area is 142 Å². The van der Waals surface area contributed by atoms with Gasteiger partial charge in [-0.1, -0.05) is 36.2 Å². The Morgan fingerprint density at radius 1 is 1.23 bits per heavy atom. The van der Waals surface area contributed by atoms with Crippen LogP contribution in [0.15, 0.2) is 18.2 Å². The smallest absolute Gasteiger partial charge is 0.259 e. The van der Waals surface area contributed by atoms with Crippen molar-refractivity contribution in [3.8, 4) is 0 Å². The molecule has 0 aliphatic rings. The molecule has 0 saturated heterocycles. The van der Waals surface area contributed by atoms with Gasteiger partial charge in [-0.2, -0.15) is 0 Å². The normalized spacial score (nSPS) is 10.5. The Hall–Kier alpha value is -1.56. The van der Waals surface area contributed by atoms with Gasteiger partial charge in [0.2, 0.25) is 0 Å². The molecule has 22 heavy (non-hydrogen) atoms. The summed E-state index contributed by atoms with van der Waals surface area (Å²) in [5.41, 5.74) is 6.81. The van der Waals surface area contributed by atoms with Crippen molar-refractivity contribution >= 4 is 51.4 Å². The molecule has 0 aliphatic heterocycles. The number of hydrogen-bond acceptors (Lipinski definition) is 3. The highest BCUT2D eigenvalue weighted by atomic mass is 35.5. The summed E-state index contributed by atoms with van der Waals surface area (Å²) in [6.45, 7) is 3.81. The zero-order chi connectivity index (χ0) is 16.4. The molecule has 0 atom stereocenters. The third-order valence-corrected chi connectivity index (χ3v) is 4.92. The van der Waals surface area contributed by atoms with E-state index in [0.29, 0.717) is 17.0 Å². The van der Waals surface area contributed by atoms with Crippen LogP contribution in [0, 0.1) is 6.92 Å². The van der Waals surface area contributed by atoms with E-state index in [0.717, 1.165) is 10.4 Å². The number of thiophene rings is 1. The van der Waals surface area contributed by atoms with Crippen molar-refractivity contribution in [2.75, 3.05) is 5.32 Å². The van der Waals surface area contributed by atoms with E-state index in [1.807, 2.05) is 13.8 Å². The third kappa shape index (κ3) is 3.11. The van der Waals surface area contributed by atoms with Crippen molar-refractivity contribution in [3.05, 3.63) is 49.8 Å². The molecule has 4 nitrogen and oxygen atoms in total. The number of halogens is 2. The van der Waals surface area contributed by atoms with Gasteiger partial charge >= 0.3 is 0 Å². The van der Waals surface area contributed by atoms with Crippen LogP contribution in [-0.4, -0.2) is 11.8 Å². The summed E-state index contributed by atoms with van der Waals surface area (Å²) < 4.78 is 0. The Balaban J connectivity index is 2.43. The van der Waals surface area contributed by atoms with Gasteiger partial charge < -0.3 is 11.1 Å². The summed E-state index contributed by atoms with van der Waals surface area (Å²) in [5.74, 6) is -1.04. The van der Waals surface area contributed by atoms with Crippen molar-refractivity contribution in [1.29, 1.82) is 0 Å². The van der Waals surface area contributed by atoms with Gasteiger partial charge in [-0.25, -0.2) is 0 Å². The van der Waals surface area contributed by atoms with E-state index in [1.165, 1.54) is 11.3 Å². The molecule has 0 spiro atoms. The monoisotopic (exact) mass is 356 g/mol. The molecular weight excluding hydrogens is 343 g/mol. The fraction of sp³-hybridized carbons (Fsp3) is 0.200. The molecule has 0 fully saturated rings. The molecule has 1 heterocycles. The molecule has 0 aliphatic carbocycles. The van der Waals surface area contributed by atoms with Crippen molar-refractivity contribution < 1.29 is 9.59 Å². The summed E-state index contributed by atoms with van der Waals surface area (Å²) >= 11 is 13.4. The van der Waals surface area contributed by atoms with Crippen LogP contribution in [0.5, 0.6) is 0 Å². The Morgan fingerprint density at radius 2 is 1.82 bits per heavy atom. The molecule has 0 bridgehead atoms. The van der Waals surface area contributed by atoms with Gasteiger partial charge in [-0.15, -0.1) is 11.3 Å². The number of nitrogens with two attached hydrogens (primary N) is 1. The number of hydrogen-bond donors (Lipinski definition) is 2. The van der Waals surface area contributed by atoms with Crippen LogP contribution in [0.4, 0.5) is 5.00 Å². The summed E-state index contributed by atoms with van der Waals surface area (Å²) in [5, 5.41) is 3.60. The number of rotatable bonds is 4. The van der Waals surface area contributed by atoms with E-state index in [-0.39, 0.29) is 15.6 Å². The number of primary amides is 1. The molecule has 2 aromatic rings. The van der Waals surface area contributed by atoms with E-state index >= 15 is 0 Å². The Morgan fingerprint density at radius 3 is 2.32 bits per heavy atom. The van der Waals surface area contributed by atoms with Gasteiger partial charge in [0.1, 0.15) is 5.00 Å². The first-order chi connectivity index (χ1) is 10.4. The van der Waals surface area contributed by atoms with Crippen molar-refractivity contribution in [2.45, 2.75) is 20.3 Å². The number of benzene rings is 1. The predicted octanol–water partition coefficient (Wildman–Crippen LogP) is 4.28. The lowest BCUT2D eigenvalue weighted by Crippen LogP contribution is -2.18. The molecule has 0 radical (unpaired) electrons. The highest BCUT2D eigenvalue weighted by Crippen LogP contribution is 2.34. The maximum atomic E-state index is 12.4. The zero-order valence-corrected chi connectivity index (χ0v) is 14.3. The number of amides is 2. The molecule has 3 N–H and O–H groups in total. The number of carbonyl (C=O) groups excluding carboxylic acids is 2. The van der Waals surface area contributed by atoms with Crippen LogP contribution >= 0.6 is 34.5 Å². The largest absolute Gasteiger partial charge is 0.365 e.